The normalized spacial score (nSPS) is 18.3. The van der Waals surface area contributed by atoms with Crippen molar-refractivity contribution >= 4 is 5.78 Å². The summed E-state index contributed by atoms with van der Waals surface area (Å²) in [5.74, 6) is 5.75. The van der Waals surface area contributed by atoms with E-state index < -0.39 is 0 Å². The van der Waals surface area contributed by atoms with E-state index in [9.17, 15) is 4.79 Å². The lowest BCUT2D eigenvalue weighted by Gasteiger charge is -2.30. The maximum Gasteiger partial charge on any atom is 0.185 e. The van der Waals surface area contributed by atoms with Crippen molar-refractivity contribution in [3.05, 3.63) is 48.0 Å². The van der Waals surface area contributed by atoms with E-state index in [4.69, 9.17) is 5.84 Å². The van der Waals surface area contributed by atoms with Gasteiger partial charge in [0, 0.05) is 38.3 Å². The molecule has 0 amide bonds. The number of rotatable bonds is 4. The largest absolute Gasteiger partial charge is 0.297 e. The molecule has 0 spiro atoms. The molecule has 1 aromatic carbocycles. The van der Waals surface area contributed by atoms with Gasteiger partial charge >= 0.3 is 0 Å². The van der Waals surface area contributed by atoms with Gasteiger partial charge in [-0.3, -0.25) is 15.5 Å². The Morgan fingerprint density at radius 3 is 2.50 bits per heavy atom. The van der Waals surface area contributed by atoms with Gasteiger partial charge in [-0.25, -0.2) is 5.01 Å². The quantitative estimate of drug-likeness (QED) is 0.487. The van der Waals surface area contributed by atoms with Crippen molar-refractivity contribution in [2.45, 2.75) is 0 Å². The molecule has 4 nitrogen and oxygen atoms in total. The number of piperazine rings is 1. The highest BCUT2D eigenvalue weighted by atomic mass is 16.1. The lowest BCUT2D eigenvalue weighted by Crippen LogP contribution is -2.49. The number of allylic oxidation sites excluding steroid dienone is 1. The van der Waals surface area contributed by atoms with E-state index in [1.54, 1.807) is 6.08 Å². The Balaban J connectivity index is 1.79. The summed E-state index contributed by atoms with van der Waals surface area (Å²) < 4.78 is 0. The Hall–Kier alpha value is -1.49. The fourth-order valence-corrected chi connectivity index (χ4v) is 1.95. The summed E-state index contributed by atoms with van der Waals surface area (Å²) in [5.41, 5.74) is 0.737. The average molecular weight is 245 g/mol. The highest BCUT2D eigenvalue weighted by Gasteiger charge is 2.12. The lowest BCUT2D eigenvalue weighted by atomic mass is 10.1. The van der Waals surface area contributed by atoms with Crippen LogP contribution in [-0.2, 0) is 0 Å². The van der Waals surface area contributed by atoms with Gasteiger partial charge in [0.2, 0.25) is 0 Å². The number of carbonyl (C=O) groups excluding carboxylic acids is 1. The first-order chi connectivity index (χ1) is 8.75. The summed E-state index contributed by atoms with van der Waals surface area (Å²) in [6, 6.07) is 9.33. The molecule has 0 radical (unpaired) electrons. The fraction of sp³-hybridized carbons (Fsp3) is 0.357. The van der Waals surface area contributed by atoms with Crippen LogP contribution in [0.15, 0.2) is 42.5 Å². The van der Waals surface area contributed by atoms with Gasteiger partial charge < -0.3 is 0 Å². The Labute approximate surface area is 108 Å². The van der Waals surface area contributed by atoms with Crippen LogP contribution in [0, 0.1) is 0 Å². The summed E-state index contributed by atoms with van der Waals surface area (Å²) in [7, 11) is 0. The van der Waals surface area contributed by atoms with Gasteiger partial charge in [-0.15, -0.1) is 0 Å². The van der Waals surface area contributed by atoms with Crippen LogP contribution in [0.3, 0.4) is 0 Å². The van der Waals surface area contributed by atoms with Crippen LogP contribution in [0.25, 0.3) is 0 Å². The van der Waals surface area contributed by atoms with Gasteiger partial charge in [-0.2, -0.15) is 0 Å². The number of hydrogen-bond donors (Lipinski definition) is 1. The van der Waals surface area contributed by atoms with E-state index in [0.717, 1.165) is 38.3 Å². The molecule has 1 heterocycles. The molecular weight excluding hydrogens is 226 g/mol. The number of hydrogen-bond acceptors (Lipinski definition) is 4. The van der Waals surface area contributed by atoms with Gasteiger partial charge in [-0.1, -0.05) is 36.4 Å². The van der Waals surface area contributed by atoms with Crippen molar-refractivity contribution in [2.75, 3.05) is 32.7 Å². The zero-order valence-electron chi connectivity index (χ0n) is 10.5. The Morgan fingerprint density at radius 2 is 1.83 bits per heavy atom. The number of nitrogens with two attached hydrogens (primary N) is 1. The predicted octanol–water partition coefficient (Wildman–Crippen LogP) is 0.917. The third-order valence-electron chi connectivity index (χ3n) is 3.10. The van der Waals surface area contributed by atoms with E-state index in [-0.39, 0.29) is 5.78 Å². The first kappa shape index (κ1) is 13.0. The van der Waals surface area contributed by atoms with Crippen molar-refractivity contribution in [1.29, 1.82) is 0 Å². The number of hydrazine groups is 1. The van der Waals surface area contributed by atoms with Crippen LogP contribution in [0.4, 0.5) is 0 Å². The molecule has 2 rings (SSSR count). The van der Waals surface area contributed by atoms with Crippen molar-refractivity contribution in [2.24, 2.45) is 5.84 Å². The second-order valence-electron chi connectivity index (χ2n) is 4.47. The van der Waals surface area contributed by atoms with Crippen LogP contribution < -0.4 is 5.84 Å². The number of benzene rings is 1. The van der Waals surface area contributed by atoms with Gasteiger partial charge in [0.1, 0.15) is 0 Å². The molecule has 0 aliphatic carbocycles. The Bertz CT molecular complexity index is 408. The molecule has 0 saturated carbocycles. The molecule has 0 aromatic heterocycles. The zero-order valence-corrected chi connectivity index (χ0v) is 10.5. The van der Waals surface area contributed by atoms with Crippen molar-refractivity contribution in [1.82, 2.24) is 9.91 Å². The van der Waals surface area contributed by atoms with E-state index in [2.05, 4.69) is 4.90 Å². The van der Waals surface area contributed by atoms with Crippen LogP contribution in [-0.4, -0.2) is 48.4 Å². The van der Waals surface area contributed by atoms with E-state index in [1.807, 2.05) is 41.4 Å². The van der Waals surface area contributed by atoms with Crippen LogP contribution in [0.1, 0.15) is 10.4 Å². The molecular formula is C14H19N3O. The zero-order chi connectivity index (χ0) is 12.8. The molecule has 1 aliphatic heterocycles. The molecule has 4 heteroatoms. The van der Waals surface area contributed by atoms with Crippen LogP contribution in [0.2, 0.25) is 0 Å². The van der Waals surface area contributed by atoms with Gasteiger partial charge in [-0.05, 0) is 6.08 Å². The molecule has 1 aliphatic rings. The highest BCUT2D eigenvalue weighted by molar-refractivity contribution is 6.04. The first-order valence-corrected chi connectivity index (χ1v) is 6.23. The topological polar surface area (TPSA) is 49.6 Å². The molecule has 1 saturated heterocycles. The van der Waals surface area contributed by atoms with Gasteiger partial charge in [0.15, 0.2) is 5.78 Å². The molecule has 96 valence electrons. The predicted molar refractivity (Wildman–Crippen MR) is 72.1 cm³/mol. The monoisotopic (exact) mass is 245 g/mol. The standard InChI is InChI=1S/C14H19N3O/c15-17-11-9-16(10-12-17)8-4-7-14(18)13-5-2-1-3-6-13/h1-7H,8-12,15H2. The molecule has 0 unspecified atom stereocenters. The first-order valence-electron chi connectivity index (χ1n) is 6.23. The van der Waals surface area contributed by atoms with Crippen molar-refractivity contribution in [3.63, 3.8) is 0 Å². The molecule has 0 atom stereocenters. The van der Waals surface area contributed by atoms with Crippen molar-refractivity contribution in [3.8, 4) is 0 Å². The minimum absolute atomic E-state index is 0.0630. The van der Waals surface area contributed by atoms with Crippen LogP contribution >= 0.6 is 0 Å². The molecule has 18 heavy (non-hydrogen) atoms. The second-order valence-corrected chi connectivity index (χ2v) is 4.47. The molecule has 1 aromatic rings. The third kappa shape index (κ3) is 3.77. The minimum atomic E-state index is 0.0630. The van der Waals surface area contributed by atoms with E-state index in [1.165, 1.54) is 0 Å². The number of nitrogens with zero attached hydrogens (tertiary/aromatic N) is 2. The van der Waals surface area contributed by atoms with E-state index in [0.29, 0.717) is 0 Å². The van der Waals surface area contributed by atoms with Crippen LogP contribution in [0.5, 0.6) is 0 Å². The highest BCUT2D eigenvalue weighted by Crippen LogP contribution is 2.02. The summed E-state index contributed by atoms with van der Waals surface area (Å²) >= 11 is 0. The Kier molecular flexibility index (Phi) is 4.64. The number of ketones is 1. The second kappa shape index (κ2) is 6.44. The fourth-order valence-electron chi connectivity index (χ4n) is 1.95. The lowest BCUT2D eigenvalue weighted by molar-refractivity contribution is 0.104. The smallest absolute Gasteiger partial charge is 0.185 e. The van der Waals surface area contributed by atoms with Crippen molar-refractivity contribution < 1.29 is 4.79 Å². The average Bonchev–Trinajstić information content (AvgIpc) is 2.42. The SMILES string of the molecule is NN1CCN(CC=CC(=O)c2ccccc2)CC1. The number of carbonyl (C=O) groups is 1. The summed E-state index contributed by atoms with van der Waals surface area (Å²) in [5, 5.41) is 1.83. The Morgan fingerprint density at radius 1 is 1.17 bits per heavy atom. The van der Waals surface area contributed by atoms with Gasteiger partial charge in [0.25, 0.3) is 0 Å². The minimum Gasteiger partial charge on any atom is -0.297 e. The summed E-state index contributed by atoms with van der Waals surface area (Å²) in [6.45, 7) is 4.51. The summed E-state index contributed by atoms with van der Waals surface area (Å²) in [4.78, 5) is 14.1. The molecule has 2 N–H and O–H groups in total. The third-order valence-corrected chi connectivity index (χ3v) is 3.10. The maximum atomic E-state index is 11.8. The van der Waals surface area contributed by atoms with E-state index >= 15 is 0 Å². The maximum absolute atomic E-state index is 11.8. The van der Waals surface area contributed by atoms with Gasteiger partial charge in [0.05, 0.1) is 0 Å². The molecule has 1 fully saturated rings. The molecule has 0 bridgehead atoms. The summed E-state index contributed by atoms with van der Waals surface area (Å²) in [6.07, 6.45) is 3.59.